The van der Waals surface area contributed by atoms with Crippen LogP contribution in [0.25, 0.3) is 0 Å². The Morgan fingerprint density at radius 2 is 1.91 bits per heavy atom. The first-order valence-corrected chi connectivity index (χ1v) is 10.4. The summed E-state index contributed by atoms with van der Waals surface area (Å²) in [6.07, 6.45) is 4.92. The van der Waals surface area contributed by atoms with Crippen molar-refractivity contribution in [1.82, 2.24) is 15.0 Å². The lowest BCUT2D eigenvalue weighted by Crippen LogP contribution is -2.11. The SMILES string of the molecule is C=CC(=O)Cc1cc(OCCN)ccc1Nc1nc(Nc2cc(OC)ncc2C)ncc1C. The average molecular weight is 449 g/mol. The molecule has 2 heterocycles. The minimum Gasteiger partial charge on any atom is -0.492 e. The third kappa shape index (κ3) is 6.27. The number of aryl methyl sites for hydroxylation is 2. The second-order valence-corrected chi connectivity index (χ2v) is 7.32. The van der Waals surface area contributed by atoms with Crippen molar-refractivity contribution in [2.75, 3.05) is 30.9 Å². The lowest BCUT2D eigenvalue weighted by molar-refractivity contribution is -0.114. The zero-order valence-corrected chi connectivity index (χ0v) is 19.0. The maximum atomic E-state index is 12.1. The van der Waals surface area contributed by atoms with Gasteiger partial charge in [-0.3, -0.25) is 4.79 Å². The van der Waals surface area contributed by atoms with Crippen LogP contribution in [-0.2, 0) is 11.2 Å². The van der Waals surface area contributed by atoms with Gasteiger partial charge in [0, 0.05) is 42.7 Å². The first kappa shape index (κ1) is 23.7. The fourth-order valence-corrected chi connectivity index (χ4v) is 2.99. The molecule has 9 heteroatoms. The van der Waals surface area contributed by atoms with Crippen LogP contribution in [0.1, 0.15) is 16.7 Å². The van der Waals surface area contributed by atoms with E-state index in [4.69, 9.17) is 15.2 Å². The number of nitrogens with two attached hydrogens (primary N) is 1. The standard InChI is InChI=1S/C24H28N6O3/c1-5-18(31)10-17-11-19(33-9-8-25)6-7-20(17)28-23-16(3)14-27-24(30-23)29-21-12-22(32-4)26-13-15(21)2/h5-7,11-14H,1,8-10,25H2,2-4H3,(H2,26,27,28,29,30). The van der Waals surface area contributed by atoms with E-state index in [9.17, 15) is 4.79 Å². The van der Waals surface area contributed by atoms with Gasteiger partial charge in [-0.2, -0.15) is 4.98 Å². The monoisotopic (exact) mass is 448 g/mol. The largest absolute Gasteiger partial charge is 0.492 e. The molecule has 0 spiro atoms. The number of carbonyl (C=O) groups excluding carboxylic acids is 1. The number of nitrogens with one attached hydrogen (secondary N) is 2. The van der Waals surface area contributed by atoms with Crippen molar-refractivity contribution in [3.63, 3.8) is 0 Å². The number of carbonyl (C=O) groups is 1. The van der Waals surface area contributed by atoms with E-state index in [1.807, 2.05) is 32.0 Å². The lowest BCUT2D eigenvalue weighted by atomic mass is 10.1. The van der Waals surface area contributed by atoms with Crippen LogP contribution in [-0.4, -0.2) is 41.0 Å². The van der Waals surface area contributed by atoms with Gasteiger partial charge in [0.15, 0.2) is 5.78 Å². The van der Waals surface area contributed by atoms with Gasteiger partial charge in [0.05, 0.1) is 12.8 Å². The van der Waals surface area contributed by atoms with Gasteiger partial charge in [0.25, 0.3) is 0 Å². The van der Waals surface area contributed by atoms with Crippen LogP contribution in [0.4, 0.5) is 23.1 Å². The molecule has 172 valence electrons. The first-order valence-electron chi connectivity index (χ1n) is 10.4. The van der Waals surface area contributed by atoms with Gasteiger partial charge < -0.3 is 25.8 Å². The molecular formula is C24H28N6O3. The molecule has 0 aliphatic carbocycles. The number of benzene rings is 1. The van der Waals surface area contributed by atoms with Crippen molar-refractivity contribution < 1.29 is 14.3 Å². The van der Waals surface area contributed by atoms with Crippen molar-refractivity contribution in [3.05, 3.63) is 66.0 Å². The van der Waals surface area contributed by atoms with Crippen LogP contribution in [0.2, 0.25) is 0 Å². The highest BCUT2D eigenvalue weighted by Crippen LogP contribution is 2.28. The molecule has 0 radical (unpaired) electrons. The normalized spacial score (nSPS) is 10.4. The molecule has 2 aromatic heterocycles. The number of nitrogens with zero attached hydrogens (tertiary/aromatic N) is 3. The second-order valence-electron chi connectivity index (χ2n) is 7.32. The summed E-state index contributed by atoms with van der Waals surface area (Å²) in [5.74, 6) is 2.04. The highest BCUT2D eigenvalue weighted by atomic mass is 16.5. The molecule has 3 rings (SSSR count). The van der Waals surface area contributed by atoms with Crippen molar-refractivity contribution >= 4 is 28.9 Å². The molecule has 4 N–H and O–H groups in total. The Bertz CT molecular complexity index is 1150. The van der Waals surface area contributed by atoms with Crippen LogP contribution in [0.5, 0.6) is 11.6 Å². The van der Waals surface area contributed by atoms with E-state index in [0.717, 1.165) is 28.1 Å². The van der Waals surface area contributed by atoms with Crippen LogP contribution in [0.15, 0.2) is 49.3 Å². The third-order valence-corrected chi connectivity index (χ3v) is 4.81. The van der Waals surface area contributed by atoms with Gasteiger partial charge in [0.1, 0.15) is 18.2 Å². The van der Waals surface area contributed by atoms with Crippen LogP contribution >= 0.6 is 0 Å². The topological polar surface area (TPSA) is 124 Å². The number of pyridine rings is 1. The smallest absolute Gasteiger partial charge is 0.229 e. The fraction of sp³-hybridized carbons (Fsp3) is 0.250. The molecule has 0 aliphatic rings. The van der Waals surface area contributed by atoms with E-state index in [-0.39, 0.29) is 12.2 Å². The Morgan fingerprint density at radius 3 is 2.64 bits per heavy atom. The molecule has 0 atom stereocenters. The predicted molar refractivity (Wildman–Crippen MR) is 129 cm³/mol. The predicted octanol–water partition coefficient (Wildman–Crippen LogP) is 3.62. The minimum absolute atomic E-state index is 0.0992. The molecule has 33 heavy (non-hydrogen) atoms. The van der Waals surface area contributed by atoms with E-state index in [1.54, 1.807) is 25.6 Å². The van der Waals surface area contributed by atoms with E-state index < -0.39 is 0 Å². The lowest BCUT2D eigenvalue weighted by Gasteiger charge is -2.16. The Morgan fingerprint density at radius 1 is 1.12 bits per heavy atom. The quantitative estimate of drug-likeness (QED) is 0.377. The number of anilines is 4. The van der Waals surface area contributed by atoms with E-state index >= 15 is 0 Å². The Kier molecular flexibility index (Phi) is 7.93. The minimum atomic E-state index is -0.0992. The van der Waals surface area contributed by atoms with Crippen molar-refractivity contribution in [2.24, 2.45) is 5.73 Å². The maximum Gasteiger partial charge on any atom is 0.229 e. The highest BCUT2D eigenvalue weighted by Gasteiger charge is 2.12. The zero-order chi connectivity index (χ0) is 23.8. The fourth-order valence-electron chi connectivity index (χ4n) is 2.99. The molecule has 3 aromatic rings. The summed E-state index contributed by atoms with van der Waals surface area (Å²) in [7, 11) is 1.56. The van der Waals surface area contributed by atoms with E-state index in [1.165, 1.54) is 6.08 Å². The van der Waals surface area contributed by atoms with E-state index in [2.05, 4.69) is 32.2 Å². The summed E-state index contributed by atoms with van der Waals surface area (Å²) in [6.45, 7) is 8.19. The molecule has 0 saturated heterocycles. The summed E-state index contributed by atoms with van der Waals surface area (Å²) in [5.41, 5.74) is 9.57. The molecule has 0 unspecified atom stereocenters. The summed E-state index contributed by atoms with van der Waals surface area (Å²) in [5, 5.41) is 6.53. The summed E-state index contributed by atoms with van der Waals surface area (Å²) in [4.78, 5) is 25.3. The molecule has 1 aromatic carbocycles. The maximum absolute atomic E-state index is 12.1. The summed E-state index contributed by atoms with van der Waals surface area (Å²) >= 11 is 0. The van der Waals surface area contributed by atoms with Crippen LogP contribution in [0.3, 0.4) is 0 Å². The van der Waals surface area contributed by atoms with Crippen molar-refractivity contribution in [3.8, 4) is 11.6 Å². The second kappa shape index (κ2) is 11.1. The Labute approximate surface area is 193 Å². The number of aromatic nitrogens is 3. The zero-order valence-electron chi connectivity index (χ0n) is 19.0. The molecular weight excluding hydrogens is 420 g/mol. The number of hydrogen-bond donors (Lipinski definition) is 3. The van der Waals surface area contributed by atoms with Gasteiger partial charge in [-0.25, -0.2) is 9.97 Å². The van der Waals surface area contributed by atoms with Crippen LogP contribution < -0.4 is 25.8 Å². The van der Waals surface area contributed by atoms with Gasteiger partial charge in [-0.05, 0) is 49.2 Å². The van der Waals surface area contributed by atoms with Gasteiger partial charge in [-0.1, -0.05) is 6.58 Å². The molecule has 0 bridgehead atoms. The van der Waals surface area contributed by atoms with Crippen molar-refractivity contribution in [1.29, 1.82) is 0 Å². The van der Waals surface area contributed by atoms with Crippen LogP contribution in [0, 0.1) is 13.8 Å². The summed E-state index contributed by atoms with van der Waals surface area (Å²) < 4.78 is 10.8. The Hall–Kier alpha value is -3.98. The van der Waals surface area contributed by atoms with Gasteiger partial charge in [-0.15, -0.1) is 0 Å². The average Bonchev–Trinajstić information content (AvgIpc) is 2.82. The Balaban J connectivity index is 1.89. The molecule has 0 amide bonds. The number of ether oxygens (including phenoxy) is 2. The molecule has 0 fully saturated rings. The number of ketones is 1. The summed E-state index contributed by atoms with van der Waals surface area (Å²) in [6, 6.07) is 7.28. The number of methoxy groups -OCH3 is 1. The number of allylic oxidation sites excluding steroid dienone is 1. The first-order chi connectivity index (χ1) is 15.9. The highest BCUT2D eigenvalue weighted by molar-refractivity contribution is 5.92. The van der Waals surface area contributed by atoms with Crippen molar-refractivity contribution in [2.45, 2.75) is 20.3 Å². The number of hydrogen-bond acceptors (Lipinski definition) is 9. The number of rotatable bonds is 11. The van der Waals surface area contributed by atoms with E-state index in [0.29, 0.717) is 36.5 Å². The van der Waals surface area contributed by atoms with Gasteiger partial charge in [0.2, 0.25) is 11.8 Å². The molecule has 0 aliphatic heterocycles. The molecule has 0 saturated carbocycles. The third-order valence-electron chi connectivity index (χ3n) is 4.81. The van der Waals surface area contributed by atoms with Gasteiger partial charge >= 0.3 is 0 Å². The molecule has 9 nitrogen and oxygen atoms in total.